The lowest BCUT2D eigenvalue weighted by atomic mass is 10.2. The molecule has 11 heteroatoms. The van der Waals surface area contributed by atoms with Gasteiger partial charge in [-0.1, -0.05) is 25.8 Å². The molecule has 0 saturated carbocycles. The fourth-order valence-corrected chi connectivity index (χ4v) is 3.07. The molecule has 1 aliphatic heterocycles. The van der Waals surface area contributed by atoms with E-state index in [4.69, 9.17) is 25.4 Å². The van der Waals surface area contributed by atoms with E-state index in [0.29, 0.717) is 33.8 Å². The van der Waals surface area contributed by atoms with E-state index < -0.39 is 25.2 Å². The summed E-state index contributed by atoms with van der Waals surface area (Å²) in [4.78, 5) is 8.58. The van der Waals surface area contributed by atoms with Gasteiger partial charge in [0.15, 0.2) is 11.5 Å². The highest BCUT2D eigenvalue weighted by atomic mass is 16.9. The average Bonchev–Trinajstić information content (AvgIpc) is 2.85. The second-order valence-electron chi connectivity index (χ2n) is 7.00. The molecule has 2 aromatic carbocycles. The molecule has 1 aromatic heterocycles. The SMILES string of the molecule is C#Cc1cccc(Nc2ncnc3cc4c(cc23)OCCOC(O)(O)C(O)(O)OCCO4)c1.CC. The van der Waals surface area contributed by atoms with Crippen LogP contribution in [0.1, 0.15) is 19.4 Å². The minimum Gasteiger partial charge on any atom is -0.487 e. The van der Waals surface area contributed by atoms with E-state index in [0.717, 1.165) is 5.69 Å². The summed E-state index contributed by atoms with van der Waals surface area (Å²) in [6, 6.07) is 10.6. The van der Waals surface area contributed by atoms with Crippen molar-refractivity contribution >= 4 is 22.4 Å². The van der Waals surface area contributed by atoms with Crippen LogP contribution in [0.4, 0.5) is 11.5 Å². The van der Waals surface area contributed by atoms with Gasteiger partial charge in [0.25, 0.3) is 0 Å². The second-order valence-corrected chi connectivity index (χ2v) is 7.00. The van der Waals surface area contributed by atoms with Gasteiger partial charge in [0.05, 0.1) is 18.7 Å². The van der Waals surface area contributed by atoms with Gasteiger partial charge in [-0.3, -0.25) is 0 Å². The van der Waals surface area contributed by atoms with Crippen molar-refractivity contribution in [2.24, 2.45) is 0 Å². The highest BCUT2D eigenvalue weighted by Crippen LogP contribution is 2.35. The molecule has 1 aliphatic rings. The maximum absolute atomic E-state index is 9.71. The Hall–Kier alpha value is -3.50. The fourth-order valence-electron chi connectivity index (χ4n) is 3.07. The van der Waals surface area contributed by atoms with Crippen molar-refractivity contribution < 1.29 is 39.4 Å². The van der Waals surface area contributed by atoms with Crippen molar-refractivity contribution in [1.29, 1.82) is 0 Å². The zero-order chi connectivity index (χ0) is 25.5. The van der Waals surface area contributed by atoms with Crippen LogP contribution in [-0.2, 0) is 9.47 Å². The minimum atomic E-state index is -3.38. The molecule has 0 spiro atoms. The largest absolute Gasteiger partial charge is 0.487 e. The number of aliphatic hydroxyl groups is 4. The number of terminal acetylenes is 1. The van der Waals surface area contributed by atoms with Crippen molar-refractivity contribution in [3.63, 3.8) is 0 Å². The van der Waals surface area contributed by atoms with Crippen LogP contribution in [0.3, 0.4) is 0 Å². The fraction of sp³-hybridized carbons (Fsp3) is 0.333. The highest BCUT2D eigenvalue weighted by molar-refractivity contribution is 5.93. The number of hydrogen-bond acceptors (Lipinski definition) is 11. The van der Waals surface area contributed by atoms with Gasteiger partial charge in [-0.05, 0) is 24.3 Å². The minimum absolute atomic E-state index is 0.171. The van der Waals surface area contributed by atoms with Crippen molar-refractivity contribution in [2.75, 3.05) is 31.7 Å². The molecule has 4 rings (SSSR count). The molecule has 0 atom stereocenters. The molecule has 0 bridgehead atoms. The third kappa shape index (κ3) is 6.14. The first-order valence-corrected chi connectivity index (χ1v) is 10.8. The number of nitrogens with zero attached hydrogens (tertiary/aromatic N) is 2. The van der Waals surface area contributed by atoms with E-state index in [1.54, 1.807) is 18.2 Å². The zero-order valence-electron chi connectivity index (χ0n) is 19.3. The molecule has 0 fully saturated rings. The molecule has 11 nitrogen and oxygen atoms in total. The molecule has 0 unspecified atom stereocenters. The van der Waals surface area contributed by atoms with E-state index >= 15 is 0 Å². The third-order valence-corrected chi connectivity index (χ3v) is 4.71. The number of ether oxygens (including phenoxy) is 4. The Labute approximate surface area is 201 Å². The maximum atomic E-state index is 9.71. The topological polar surface area (TPSA) is 156 Å². The lowest BCUT2D eigenvalue weighted by Crippen LogP contribution is -2.58. The smallest absolute Gasteiger partial charge is 0.365 e. The monoisotopic (exact) mass is 485 g/mol. The van der Waals surface area contributed by atoms with Gasteiger partial charge in [0, 0.05) is 22.7 Å². The van der Waals surface area contributed by atoms with E-state index in [9.17, 15) is 20.4 Å². The number of fused-ring (bicyclic) bond motifs is 2. The molecule has 0 radical (unpaired) electrons. The number of anilines is 2. The van der Waals surface area contributed by atoms with E-state index in [1.165, 1.54) is 6.33 Å². The highest BCUT2D eigenvalue weighted by Gasteiger charge is 2.51. The number of aromatic nitrogens is 2. The Morgan fingerprint density at radius 1 is 0.886 bits per heavy atom. The van der Waals surface area contributed by atoms with E-state index in [2.05, 4.69) is 21.2 Å². The van der Waals surface area contributed by atoms with Crippen molar-refractivity contribution in [3.05, 3.63) is 48.3 Å². The lowest BCUT2D eigenvalue weighted by molar-refractivity contribution is -0.530. The summed E-state index contributed by atoms with van der Waals surface area (Å²) in [6.07, 6.45) is 6.86. The van der Waals surface area contributed by atoms with Crippen molar-refractivity contribution in [1.82, 2.24) is 9.97 Å². The molecular formula is C24H27N3O8. The number of hydrogen-bond donors (Lipinski definition) is 5. The first kappa shape index (κ1) is 26.1. The van der Waals surface area contributed by atoms with Gasteiger partial charge < -0.3 is 44.7 Å². The van der Waals surface area contributed by atoms with E-state index in [-0.39, 0.29) is 13.2 Å². The van der Waals surface area contributed by atoms with Crippen LogP contribution in [0.25, 0.3) is 10.9 Å². The quantitative estimate of drug-likeness (QED) is 0.265. The first-order chi connectivity index (χ1) is 16.8. The molecule has 35 heavy (non-hydrogen) atoms. The lowest BCUT2D eigenvalue weighted by Gasteiger charge is -2.33. The van der Waals surface area contributed by atoms with E-state index in [1.807, 2.05) is 32.0 Å². The Balaban J connectivity index is 0.00000167. The predicted molar refractivity (Wildman–Crippen MR) is 126 cm³/mol. The van der Waals surface area contributed by atoms with Crippen LogP contribution in [0.15, 0.2) is 42.7 Å². The summed E-state index contributed by atoms with van der Waals surface area (Å²) >= 11 is 0. The Bertz CT molecular complexity index is 1190. The Morgan fingerprint density at radius 2 is 1.51 bits per heavy atom. The first-order valence-electron chi connectivity index (χ1n) is 10.8. The summed E-state index contributed by atoms with van der Waals surface area (Å²) in [5.74, 6) is -3.05. The van der Waals surface area contributed by atoms with Gasteiger partial charge >= 0.3 is 11.9 Å². The van der Waals surface area contributed by atoms with Gasteiger partial charge in [-0.15, -0.1) is 6.42 Å². The third-order valence-electron chi connectivity index (χ3n) is 4.71. The number of rotatable bonds is 2. The molecule has 0 saturated heterocycles. The summed E-state index contributed by atoms with van der Waals surface area (Å²) in [6.45, 7) is 2.84. The van der Waals surface area contributed by atoms with Gasteiger partial charge in [0.1, 0.15) is 25.4 Å². The van der Waals surface area contributed by atoms with Crippen LogP contribution in [-0.4, -0.2) is 68.8 Å². The summed E-state index contributed by atoms with van der Waals surface area (Å²) in [7, 11) is 0. The van der Waals surface area contributed by atoms with Crippen molar-refractivity contribution in [2.45, 2.75) is 25.8 Å². The Kier molecular flexibility index (Phi) is 8.42. The van der Waals surface area contributed by atoms with Crippen molar-refractivity contribution in [3.8, 4) is 23.8 Å². The number of benzene rings is 2. The standard InChI is InChI=1S/C22H21N3O8.C2H6/c1-2-14-4-3-5-15(10-14)25-20-16-11-18-19(12-17(16)23-13-24-20)31-7-9-33-22(28,29)21(26,27)32-8-6-30-18;1-2/h1,3-5,10-13,26-29H,6-9H2,(H,23,24,25);1-2H3. The molecule has 186 valence electrons. The van der Waals surface area contributed by atoms with Gasteiger partial charge in [-0.25, -0.2) is 9.97 Å². The second kappa shape index (κ2) is 11.3. The summed E-state index contributed by atoms with van der Waals surface area (Å²) < 4.78 is 20.7. The maximum Gasteiger partial charge on any atom is 0.365 e. The van der Waals surface area contributed by atoms with Crippen LogP contribution in [0.5, 0.6) is 11.5 Å². The van der Waals surface area contributed by atoms with Crippen LogP contribution < -0.4 is 14.8 Å². The molecule has 0 amide bonds. The van der Waals surface area contributed by atoms with Crippen LogP contribution >= 0.6 is 0 Å². The van der Waals surface area contributed by atoms with Gasteiger partial charge in [-0.2, -0.15) is 0 Å². The molecule has 5 N–H and O–H groups in total. The molecule has 3 aromatic rings. The summed E-state index contributed by atoms with van der Waals surface area (Å²) in [5, 5.41) is 42.6. The normalized spacial score (nSPS) is 17.1. The van der Waals surface area contributed by atoms with Crippen LogP contribution in [0.2, 0.25) is 0 Å². The molecule has 0 aliphatic carbocycles. The predicted octanol–water partition coefficient (Wildman–Crippen LogP) is 1.46. The summed E-state index contributed by atoms with van der Waals surface area (Å²) in [5.41, 5.74) is 2.00. The van der Waals surface area contributed by atoms with Gasteiger partial charge in [0.2, 0.25) is 0 Å². The zero-order valence-corrected chi connectivity index (χ0v) is 19.3. The molecule has 2 heterocycles. The van der Waals surface area contributed by atoms with Crippen LogP contribution in [0, 0.1) is 12.3 Å². The average molecular weight is 485 g/mol. The number of nitrogens with one attached hydrogen (secondary N) is 1. The Morgan fingerprint density at radius 3 is 2.14 bits per heavy atom. The molecular weight excluding hydrogens is 458 g/mol.